The third-order valence-electron chi connectivity index (χ3n) is 1.98. The van der Waals surface area contributed by atoms with E-state index in [0.717, 1.165) is 4.47 Å². The Bertz CT molecular complexity index is 337. The lowest BCUT2D eigenvalue weighted by Crippen LogP contribution is -2.24. The van der Waals surface area contributed by atoms with Gasteiger partial charge in [0.15, 0.2) is 0 Å². The average molecular weight is 274 g/mol. The standard InChI is InChI=1S/C10H12BrNO3/c1-12(15)10(14)6-9(13)7-2-4-8(11)5-3-7/h2-5,9,13,15H,6H2,1H3. The first-order valence-electron chi connectivity index (χ1n) is 4.39. The van der Waals surface area contributed by atoms with Gasteiger partial charge in [-0.05, 0) is 17.7 Å². The van der Waals surface area contributed by atoms with Crippen molar-refractivity contribution in [1.82, 2.24) is 5.06 Å². The number of hydroxylamine groups is 2. The second-order valence-electron chi connectivity index (χ2n) is 3.19. The van der Waals surface area contributed by atoms with E-state index in [4.69, 9.17) is 5.21 Å². The molecule has 0 bridgehead atoms. The minimum Gasteiger partial charge on any atom is -0.388 e. The highest BCUT2D eigenvalue weighted by atomic mass is 79.9. The van der Waals surface area contributed by atoms with Gasteiger partial charge in [0.2, 0.25) is 5.91 Å². The van der Waals surface area contributed by atoms with E-state index in [0.29, 0.717) is 10.6 Å². The second kappa shape index (κ2) is 5.25. The Morgan fingerprint density at radius 1 is 1.47 bits per heavy atom. The van der Waals surface area contributed by atoms with Gasteiger partial charge in [-0.15, -0.1) is 0 Å². The summed E-state index contributed by atoms with van der Waals surface area (Å²) in [5.74, 6) is -0.523. The first kappa shape index (κ1) is 12.2. The number of nitrogens with zero attached hydrogens (tertiary/aromatic N) is 1. The zero-order valence-electron chi connectivity index (χ0n) is 8.22. The van der Waals surface area contributed by atoms with Crippen LogP contribution in [0.1, 0.15) is 18.1 Å². The van der Waals surface area contributed by atoms with E-state index in [9.17, 15) is 9.90 Å². The molecule has 0 saturated heterocycles. The topological polar surface area (TPSA) is 60.8 Å². The Labute approximate surface area is 96.2 Å². The Balaban J connectivity index is 2.65. The largest absolute Gasteiger partial charge is 0.388 e. The van der Waals surface area contributed by atoms with Crippen LogP contribution in [0.25, 0.3) is 0 Å². The van der Waals surface area contributed by atoms with E-state index in [-0.39, 0.29) is 6.42 Å². The first-order valence-corrected chi connectivity index (χ1v) is 5.19. The summed E-state index contributed by atoms with van der Waals surface area (Å²) in [5, 5.41) is 19.0. The molecule has 0 aliphatic rings. The lowest BCUT2D eigenvalue weighted by molar-refractivity contribution is -0.161. The second-order valence-corrected chi connectivity index (χ2v) is 4.10. The molecular weight excluding hydrogens is 262 g/mol. The van der Waals surface area contributed by atoms with Crippen LogP contribution in [0.15, 0.2) is 28.7 Å². The summed E-state index contributed by atoms with van der Waals surface area (Å²) in [6.07, 6.45) is -1.02. The minimum absolute atomic E-state index is 0.130. The normalized spacial score (nSPS) is 12.3. The molecule has 1 aromatic carbocycles. The summed E-state index contributed by atoms with van der Waals surface area (Å²) >= 11 is 3.27. The van der Waals surface area contributed by atoms with Gasteiger partial charge in [-0.25, -0.2) is 5.06 Å². The van der Waals surface area contributed by atoms with Crippen molar-refractivity contribution in [3.8, 4) is 0 Å². The first-order chi connectivity index (χ1) is 7.00. The lowest BCUT2D eigenvalue weighted by Gasteiger charge is -2.13. The molecule has 0 aliphatic carbocycles. The third-order valence-corrected chi connectivity index (χ3v) is 2.51. The van der Waals surface area contributed by atoms with Crippen molar-refractivity contribution in [2.24, 2.45) is 0 Å². The quantitative estimate of drug-likeness (QED) is 0.651. The fourth-order valence-electron chi connectivity index (χ4n) is 1.10. The highest BCUT2D eigenvalue weighted by Crippen LogP contribution is 2.19. The van der Waals surface area contributed by atoms with Gasteiger partial charge in [-0.3, -0.25) is 10.0 Å². The highest BCUT2D eigenvalue weighted by Gasteiger charge is 2.14. The van der Waals surface area contributed by atoms with Crippen molar-refractivity contribution in [3.63, 3.8) is 0 Å². The smallest absolute Gasteiger partial charge is 0.248 e. The molecule has 0 aromatic heterocycles. The number of hydrogen-bond acceptors (Lipinski definition) is 3. The summed E-state index contributed by atoms with van der Waals surface area (Å²) in [7, 11) is 1.23. The molecule has 1 rings (SSSR count). The van der Waals surface area contributed by atoms with Gasteiger partial charge in [0.1, 0.15) is 0 Å². The van der Waals surface area contributed by atoms with Gasteiger partial charge < -0.3 is 5.11 Å². The van der Waals surface area contributed by atoms with Gasteiger partial charge >= 0.3 is 0 Å². The van der Waals surface area contributed by atoms with Crippen LogP contribution in [0, 0.1) is 0 Å². The molecule has 15 heavy (non-hydrogen) atoms. The maximum Gasteiger partial charge on any atom is 0.248 e. The molecule has 1 aromatic rings. The lowest BCUT2D eigenvalue weighted by atomic mass is 10.1. The van der Waals surface area contributed by atoms with E-state index in [2.05, 4.69) is 15.9 Å². The number of aliphatic hydroxyl groups is 1. The van der Waals surface area contributed by atoms with E-state index in [1.807, 2.05) is 0 Å². The number of amides is 1. The van der Waals surface area contributed by atoms with Crippen molar-refractivity contribution in [3.05, 3.63) is 34.3 Å². The average Bonchev–Trinajstić information content (AvgIpc) is 2.18. The number of rotatable bonds is 3. The number of hydrogen-bond donors (Lipinski definition) is 2. The number of benzene rings is 1. The molecule has 5 heteroatoms. The molecule has 0 heterocycles. The number of halogens is 1. The van der Waals surface area contributed by atoms with Crippen molar-refractivity contribution in [2.45, 2.75) is 12.5 Å². The maximum atomic E-state index is 11.1. The van der Waals surface area contributed by atoms with Crippen molar-refractivity contribution >= 4 is 21.8 Å². The Hall–Kier alpha value is -0.910. The summed E-state index contributed by atoms with van der Waals surface area (Å²) in [6, 6.07) is 7.01. The number of carbonyl (C=O) groups is 1. The highest BCUT2D eigenvalue weighted by molar-refractivity contribution is 9.10. The van der Waals surface area contributed by atoms with E-state index in [1.165, 1.54) is 7.05 Å². The van der Waals surface area contributed by atoms with Crippen LogP contribution in [-0.4, -0.2) is 28.3 Å². The van der Waals surface area contributed by atoms with Gasteiger partial charge in [0, 0.05) is 11.5 Å². The van der Waals surface area contributed by atoms with Crippen molar-refractivity contribution < 1.29 is 15.1 Å². The third kappa shape index (κ3) is 3.62. The number of carbonyl (C=O) groups excluding carboxylic acids is 1. The van der Waals surface area contributed by atoms with Crippen LogP contribution in [0.2, 0.25) is 0 Å². The zero-order chi connectivity index (χ0) is 11.4. The predicted octanol–water partition coefficient (Wildman–Crippen LogP) is 1.72. The molecule has 0 fully saturated rings. The molecule has 0 spiro atoms. The SMILES string of the molecule is CN(O)C(=O)CC(O)c1ccc(Br)cc1. The molecule has 1 amide bonds. The Morgan fingerprint density at radius 3 is 2.47 bits per heavy atom. The van der Waals surface area contributed by atoms with Gasteiger partial charge in [-0.2, -0.15) is 0 Å². The molecule has 0 saturated carbocycles. The monoisotopic (exact) mass is 273 g/mol. The molecule has 1 atom stereocenters. The van der Waals surface area contributed by atoms with E-state index >= 15 is 0 Å². The molecular formula is C10H12BrNO3. The minimum atomic E-state index is -0.889. The van der Waals surface area contributed by atoms with Gasteiger partial charge in [0.05, 0.1) is 12.5 Å². The van der Waals surface area contributed by atoms with Crippen LogP contribution < -0.4 is 0 Å². The summed E-state index contributed by atoms with van der Waals surface area (Å²) in [6.45, 7) is 0. The molecule has 2 N–H and O–H groups in total. The summed E-state index contributed by atoms with van der Waals surface area (Å²) in [4.78, 5) is 11.1. The Morgan fingerprint density at radius 2 is 2.00 bits per heavy atom. The maximum absolute atomic E-state index is 11.1. The van der Waals surface area contributed by atoms with Gasteiger partial charge in [0.25, 0.3) is 0 Å². The van der Waals surface area contributed by atoms with E-state index in [1.54, 1.807) is 24.3 Å². The predicted molar refractivity (Wildman–Crippen MR) is 58.3 cm³/mol. The van der Waals surface area contributed by atoms with E-state index < -0.39 is 12.0 Å². The van der Waals surface area contributed by atoms with Crippen LogP contribution in [-0.2, 0) is 4.79 Å². The number of aliphatic hydroxyl groups excluding tert-OH is 1. The summed E-state index contributed by atoms with van der Waals surface area (Å²) in [5.41, 5.74) is 0.647. The van der Waals surface area contributed by atoms with Crippen LogP contribution >= 0.6 is 15.9 Å². The van der Waals surface area contributed by atoms with Gasteiger partial charge in [-0.1, -0.05) is 28.1 Å². The molecule has 1 unspecified atom stereocenters. The van der Waals surface area contributed by atoms with Crippen molar-refractivity contribution in [2.75, 3.05) is 7.05 Å². The Kier molecular flexibility index (Phi) is 4.26. The molecule has 0 aliphatic heterocycles. The van der Waals surface area contributed by atoms with Crippen LogP contribution in [0.4, 0.5) is 0 Å². The van der Waals surface area contributed by atoms with Crippen LogP contribution in [0.5, 0.6) is 0 Å². The molecule has 82 valence electrons. The zero-order valence-corrected chi connectivity index (χ0v) is 9.81. The van der Waals surface area contributed by atoms with Crippen molar-refractivity contribution in [1.29, 1.82) is 0 Å². The fraction of sp³-hybridized carbons (Fsp3) is 0.300. The molecule has 4 nitrogen and oxygen atoms in total. The molecule has 0 radical (unpaired) electrons. The summed E-state index contributed by atoms with van der Waals surface area (Å²) < 4.78 is 0.907. The van der Waals surface area contributed by atoms with Crippen LogP contribution in [0.3, 0.4) is 0 Å². The fourth-order valence-corrected chi connectivity index (χ4v) is 1.36.